The van der Waals surface area contributed by atoms with Crippen LogP contribution in [0.25, 0.3) is 0 Å². The molecule has 2 heterocycles. The minimum Gasteiger partial charge on any atom is -0.492 e. The number of nitrogens with one attached hydrogen (secondary N) is 1. The van der Waals surface area contributed by atoms with Crippen molar-refractivity contribution >= 4 is 39.1 Å². The molecule has 1 aliphatic heterocycles. The van der Waals surface area contributed by atoms with Crippen LogP contribution in [-0.4, -0.2) is 36.7 Å². The van der Waals surface area contributed by atoms with E-state index in [4.69, 9.17) is 16.3 Å². The summed E-state index contributed by atoms with van der Waals surface area (Å²) in [5.41, 5.74) is 1.27. The lowest BCUT2D eigenvalue weighted by atomic mass is 9.87. The summed E-state index contributed by atoms with van der Waals surface area (Å²) >= 11 is 6.29. The van der Waals surface area contributed by atoms with Gasteiger partial charge >= 0.3 is 0 Å². The van der Waals surface area contributed by atoms with Gasteiger partial charge < -0.3 is 4.74 Å². The number of hydrogen-bond acceptors (Lipinski definition) is 6. The number of rotatable bonds is 7. The Hall–Kier alpha value is -3.43. The van der Waals surface area contributed by atoms with Crippen LogP contribution in [0.1, 0.15) is 59.5 Å². The predicted molar refractivity (Wildman–Crippen MR) is 137 cm³/mol. The topological polar surface area (TPSA) is 106 Å². The fourth-order valence-electron chi connectivity index (χ4n) is 3.93. The van der Waals surface area contributed by atoms with Gasteiger partial charge in [-0.1, -0.05) is 44.5 Å². The highest BCUT2D eigenvalue weighted by Gasteiger charge is 2.40. The van der Waals surface area contributed by atoms with E-state index >= 15 is 0 Å². The molecule has 2 amide bonds. The number of pyridine rings is 1. The molecule has 0 saturated heterocycles. The second-order valence-electron chi connectivity index (χ2n) is 9.34. The molecule has 0 bridgehead atoms. The van der Waals surface area contributed by atoms with E-state index in [-0.39, 0.29) is 38.7 Å². The number of sulfonamides is 1. The maximum absolute atomic E-state index is 13.4. The molecule has 0 radical (unpaired) electrons. The molecule has 0 unspecified atom stereocenters. The van der Waals surface area contributed by atoms with Crippen LogP contribution in [0.15, 0.2) is 59.8 Å². The number of aromatic nitrogens is 1. The number of amides is 2. The van der Waals surface area contributed by atoms with Crippen LogP contribution >= 0.6 is 11.6 Å². The molecule has 4 rings (SSSR count). The number of nitrogens with zero attached hydrogens (tertiary/aromatic N) is 2. The number of imide groups is 1. The second-order valence-corrected chi connectivity index (χ2v) is 11.4. The Morgan fingerprint density at radius 3 is 2.31 bits per heavy atom. The Balaban J connectivity index is 1.67. The van der Waals surface area contributed by atoms with Crippen LogP contribution in [0.2, 0.25) is 5.02 Å². The van der Waals surface area contributed by atoms with E-state index in [1.165, 1.54) is 36.7 Å². The monoisotopic (exact) mass is 527 g/mol. The first kappa shape index (κ1) is 25.7. The van der Waals surface area contributed by atoms with Crippen molar-refractivity contribution in [2.24, 2.45) is 0 Å². The summed E-state index contributed by atoms with van der Waals surface area (Å²) in [6.07, 6.45) is 3.04. The summed E-state index contributed by atoms with van der Waals surface area (Å²) in [4.78, 5) is 31.7. The first-order valence-corrected chi connectivity index (χ1v) is 13.2. The summed E-state index contributed by atoms with van der Waals surface area (Å²) < 4.78 is 34.3. The van der Waals surface area contributed by atoms with Crippen molar-refractivity contribution in [3.8, 4) is 5.75 Å². The van der Waals surface area contributed by atoms with Gasteiger partial charge in [0.05, 0.1) is 46.1 Å². The van der Waals surface area contributed by atoms with Gasteiger partial charge in [0.25, 0.3) is 21.8 Å². The van der Waals surface area contributed by atoms with Crippen molar-refractivity contribution in [3.05, 3.63) is 82.1 Å². The van der Waals surface area contributed by atoms with Gasteiger partial charge in [-0.15, -0.1) is 0 Å². The summed E-state index contributed by atoms with van der Waals surface area (Å²) in [5.74, 6) is -0.824. The van der Waals surface area contributed by atoms with Crippen molar-refractivity contribution in [3.63, 3.8) is 0 Å². The van der Waals surface area contributed by atoms with Crippen LogP contribution in [0.5, 0.6) is 5.75 Å². The predicted octanol–water partition coefficient (Wildman–Crippen LogP) is 5.03. The second kappa shape index (κ2) is 9.55. The summed E-state index contributed by atoms with van der Waals surface area (Å²) in [6, 6.07) is 11.0. The number of benzene rings is 2. The Labute approximate surface area is 215 Å². The van der Waals surface area contributed by atoms with Crippen molar-refractivity contribution < 1.29 is 22.7 Å². The van der Waals surface area contributed by atoms with Gasteiger partial charge in [0, 0.05) is 11.8 Å². The van der Waals surface area contributed by atoms with Crippen molar-refractivity contribution in [1.82, 2.24) is 9.88 Å². The van der Waals surface area contributed by atoms with Crippen molar-refractivity contribution in [1.29, 1.82) is 0 Å². The zero-order chi connectivity index (χ0) is 26.3. The fourth-order valence-corrected chi connectivity index (χ4v) is 5.24. The van der Waals surface area contributed by atoms with Gasteiger partial charge in [-0.2, -0.15) is 0 Å². The van der Waals surface area contributed by atoms with Gasteiger partial charge in [-0.05, 0) is 48.2 Å². The standard InChI is InChI=1S/C26H26ClN3O5S/c1-5-35-21-14-28-13-12-16(21)15-30-24(31)22-19(27)10-11-20(23(22)25(30)32)29-36(33,34)18-8-6-17(7-9-18)26(2,3)4/h6-14,29H,5,15H2,1-4H3. The Morgan fingerprint density at radius 2 is 1.67 bits per heavy atom. The summed E-state index contributed by atoms with van der Waals surface area (Å²) in [5, 5.41) is 0.0584. The molecule has 10 heteroatoms. The minimum atomic E-state index is -4.04. The number of carbonyl (C=O) groups excluding carboxylic acids is 2. The summed E-state index contributed by atoms with van der Waals surface area (Å²) in [7, 11) is -4.04. The van der Waals surface area contributed by atoms with Gasteiger partial charge in [0.15, 0.2) is 0 Å². The maximum atomic E-state index is 13.4. The Kier molecular flexibility index (Phi) is 6.81. The molecule has 2 aromatic carbocycles. The van der Waals surface area contributed by atoms with Gasteiger partial charge in [-0.25, -0.2) is 8.42 Å². The third-order valence-electron chi connectivity index (χ3n) is 5.85. The average molecular weight is 528 g/mol. The summed E-state index contributed by atoms with van der Waals surface area (Å²) in [6.45, 7) is 8.21. The maximum Gasteiger partial charge on any atom is 0.264 e. The van der Waals surface area contributed by atoms with Crippen LogP contribution in [0, 0.1) is 0 Å². The molecular formula is C26H26ClN3O5S. The number of hydrogen-bond donors (Lipinski definition) is 1. The molecule has 0 aliphatic carbocycles. The first-order chi connectivity index (χ1) is 16.9. The van der Waals surface area contributed by atoms with Crippen LogP contribution in [-0.2, 0) is 22.0 Å². The quantitative estimate of drug-likeness (QED) is 0.432. The van der Waals surface area contributed by atoms with Crippen LogP contribution in [0.4, 0.5) is 5.69 Å². The lowest BCUT2D eigenvalue weighted by Crippen LogP contribution is -2.29. The van der Waals surface area contributed by atoms with E-state index in [2.05, 4.69) is 9.71 Å². The molecule has 0 spiro atoms. The first-order valence-electron chi connectivity index (χ1n) is 11.3. The molecule has 8 nitrogen and oxygen atoms in total. The molecule has 1 aromatic heterocycles. The average Bonchev–Trinajstić information content (AvgIpc) is 3.07. The zero-order valence-electron chi connectivity index (χ0n) is 20.3. The number of fused-ring (bicyclic) bond motifs is 1. The smallest absolute Gasteiger partial charge is 0.264 e. The van der Waals surface area contributed by atoms with E-state index in [1.807, 2.05) is 27.7 Å². The van der Waals surface area contributed by atoms with Gasteiger partial charge in [-0.3, -0.25) is 24.2 Å². The highest BCUT2D eigenvalue weighted by atomic mass is 35.5. The number of halogens is 1. The molecule has 1 aliphatic rings. The van der Waals surface area contributed by atoms with E-state index in [0.717, 1.165) is 10.5 Å². The Morgan fingerprint density at radius 1 is 1.00 bits per heavy atom. The zero-order valence-corrected chi connectivity index (χ0v) is 21.9. The molecule has 0 saturated carbocycles. The fraction of sp³-hybridized carbons (Fsp3) is 0.269. The SMILES string of the molecule is CCOc1cnccc1CN1C(=O)c2c(Cl)ccc(NS(=O)(=O)c3ccc(C(C)(C)C)cc3)c2C1=O. The molecule has 188 valence electrons. The van der Waals surface area contributed by atoms with E-state index < -0.39 is 21.8 Å². The highest BCUT2D eigenvalue weighted by molar-refractivity contribution is 7.92. The van der Waals surface area contributed by atoms with Crippen LogP contribution < -0.4 is 9.46 Å². The lowest BCUT2D eigenvalue weighted by molar-refractivity contribution is 0.0641. The van der Waals surface area contributed by atoms with Gasteiger partial charge in [0.2, 0.25) is 0 Å². The normalized spacial score (nSPS) is 13.6. The van der Waals surface area contributed by atoms with Crippen LogP contribution in [0.3, 0.4) is 0 Å². The van der Waals surface area contributed by atoms with E-state index in [9.17, 15) is 18.0 Å². The lowest BCUT2D eigenvalue weighted by Gasteiger charge is -2.19. The number of ether oxygens (including phenoxy) is 1. The molecule has 36 heavy (non-hydrogen) atoms. The molecule has 3 aromatic rings. The third kappa shape index (κ3) is 4.81. The minimum absolute atomic E-state index is 0.0186. The number of carbonyl (C=O) groups is 2. The largest absolute Gasteiger partial charge is 0.492 e. The Bertz CT molecular complexity index is 1450. The molecular weight excluding hydrogens is 502 g/mol. The van der Waals surface area contributed by atoms with Gasteiger partial charge in [0.1, 0.15) is 5.75 Å². The van der Waals surface area contributed by atoms with Crippen molar-refractivity contribution in [2.75, 3.05) is 11.3 Å². The molecule has 0 atom stereocenters. The van der Waals surface area contributed by atoms with Crippen molar-refractivity contribution in [2.45, 2.75) is 44.6 Å². The van der Waals surface area contributed by atoms with E-state index in [1.54, 1.807) is 18.2 Å². The third-order valence-corrected chi connectivity index (χ3v) is 7.54. The molecule has 1 N–H and O–H groups in total. The number of anilines is 1. The van der Waals surface area contributed by atoms with E-state index in [0.29, 0.717) is 17.9 Å². The molecule has 0 fully saturated rings. The highest BCUT2D eigenvalue weighted by Crippen LogP contribution is 2.37.